The Morgan fingerprint density at radius 1 is 0.969 bits per heavy atom. The molecule has 0 bridgehead atoms. The van der Waals surface area contributed by atoms with E-state index >= 15 is 0 Å². The lowest BCUT2D eigenvalue weighted by molar-refractivity contribution is -0.119. The Morgan fingerprint density at radius 3 is 2.28 bits per heavy atom. The molecule has 0 aliphatic rings. The molecule has 2 aromatic rings. The van der Waals surface area contributed by atoms with Crippen LogP contribution in [0.3, 0.4) is 0 Å². The number of nitrogens with one attached hydrogen (secondary N) is 2. The molecular formula is C24H29F2N3O3. The molecule has 1 aromatic heterocycles. The monoisotopic (exact) mass is 445 g/mol. The molecule has 0 radical (unpaired) electrons. The SMILES string of the molecule is CCCCCC(=O)Nc1nc(NC(=O)C(C)CCC)ccc1C(=O)c1c(F)cccc1F. The Hall–Kier alpha value is -3.16. The van der Waals surface area contributed by atoms with Crippen molar-refractivity contribution in [3.05, 3.63) is 53.1 Å². The molecule has 0 saturated heterocycles. The molecule has 0 saturated carbocycles. The minimum absolute atomic E-state index is 0.132. The highest BCUT2D eigenvalue weighted by molar-refractivity contribution is 6.13. The van der Waals surface area contributed by atoms with Gasteiger partial charge < -0.3 is 10.6 Å². The molecule has 32 heavy (non-hydrogen) atoms. The molecule has 0 aliphatic heterocycles. The maximum atomic E-state index is 14.2. The van der Waals surface area contributed by atoms with E-state index in [1.807, 2.05) is 13.8 Å². The lowest BCUT2D eigenvalue weighted by Crippen LogP contribution is -2.22. The maximum Gasteiger partial charge on any atom is 0.228 e. The van der Waals surface area contributed by atoms with Crippen molar-refractivity contribution in [2.45, 2.75) is 59.3 Å². The van der Waals surface area contributed by atoms with E-state index in [0.717, 1.165) is 37.5 Å². The number of unbranched alkanes of at least 4 members (excludes halogenated alkanes) is 2. The molecule has 0 aliphatic carbocycles. The molecule has 1 heterocycles. The average Bonchev–Trinajstić information content (AvgIpc) is 2.74. The van der Waals surface area contributed by atoms with Crippen molar-refractivity contribution in [3.63, 3.8) is 0 Å². The lowest BCUT2D eigenvalue weighted by atomic mass is 10.0. The first kappa shape index (κ1) is 25.1. The molecule has 2 N–H and O–H groups in total. The highest BCUT2D eigenvalue weighted by Gasteiger charge is 2.24. The maximum absolute atomic E-state index is 14.2. The van der Waals surface area contributed by atoms with E-state index in [4.69, 9.17) is 0 Å². The van der Waals surface area contributed by atoms with Gasteiger partial charge in [-0.1, -0.05) is 46.1 Å². The third-order valence-electron chi connectivity index (χ3n) is 5.02. The van der Waals surface area contributed by atoms with E-state index in [9.17, 15) is 23.2 Å². The molecule has 172 valence electrons. The van der Waals surface area contributed by atoms with Gasteiger partial charge in [0, 0.05) is 12.3 Å². The highest BCUT2D eigenvalue weighted by Crippen LogP contribution is 2.24. The van der Waals surface area contributed by atoms with Crippen molar-refractivity contribution in [2.24, 2.45) is 5.92 Å². The lowest BCUT2D eigenvalue weighted by Gasteiger charge is -2.14. The molecular weight excluding hydrogens is 416 g/mol. The smallest absolute Gasteiger partial charge is 0.228 e. The fourth-order valence-electron chi connectivity index (χ4n) is 3.20. The average molecular weight is 446 g/mol. The number of ketones is 1. The van der Waals surface area contributed by atoms with Gasteiger partial charge in [-0.25, -0.2) is 13.8 Å². The second-order valence-corrected chi connectivity index (χ2v) is 7.70. The summed E-state index contributed by atoms with van der Waals surface area (Å²) in [5.74, 6) is -3.87. The molecule has 1 aromatic carbocycles. The zero-order chi connectivity index (χ0) is 23.7. The summed E-state index contributed by atoms with van der Waals surface area (Å²) < 4.78 is 28.3. The molecule has 0 fully saturated rings. The Labute approximate surface area is 186 Å². The van der Waals surface area contributed by atoms with Crippen LogP contribution in [0, 0.1) is 17.6 Å². The predicted molar refractivity (Wildman–Crippen MR) is 120 cm³/mol. The Bertz CT molecular complexity index is 959. The number of aromatic nitrogens is 1. The Balaban J connectivity index is 2.38. The van der Waals surface area contributed by atoms with Gasteiger partial charge in [-0.05, 0) is 37.1 Å². The van der Waals surface area contributed by atoms with Crippen LogP contribution >= 0.6 is 0 Å². The molecule has 0 spiro atoms. The van der Waals surface area contributed by atoms with Crippen LogP contribution in [0.5, 0.6) is 0 Å². The molecule has 2 amide bonds. The quantitative estimate of drug-likeness (QED) is 0.354. The number of anilines is 2. The first-order valence-corrected chi connectivity index (χ1v) is 10.9. The zero-order valence-electron chi connectivity index (χ0n) is 18.6. The van der Waals surface area contributed by atoms with Crippen molar-refractivity contribution < 1.29 is 23.2 Å². The minimum atomic E-state index is -1.01. The van der Waals surface area contributed by atoms with Crippen molar-refractivity contribution in [1.29, 1.82) is 0 Å². The van der Waals surface area contributed by atoms with E-state index in [1.54, 1.807) is 6.92 Å². The Morgan fingerprint density at radius 2 is 1.66 bits per heavy atom. The second-order valence-electron chi connectivity index (χ2n) is 7.70. The summed E-state index contributed by atoms with van der Waals surface area (Å²) in [5.41, 5.74) is -0.901. The normalized spacial score (nSPS) is 11.7. The van der Waals surface area contributed by atoms with Crippen LogP contribution in [0.15, 0.2) is 30.3 Å². The van der Waals surface area contributed by atoms with Crippen LogP contribution in [0.1, 0.15) is 75.2 Å². The standard InChI is InChI=1S/C24H29F2N3O3/c1-4-6-7-12-20(30)29-23-16(22(31)21-17(25)10-8-11-18(21)26)13-14-19(27-23)28-24(32)15(3)9-5-2/h8,10-11,13-15H,4-7,9,12H2,1-3H3,(H2,27,28,29,30,32). The van der Waals surface area contributed by atoms with E-state index < -0.39 is 23.0 Å². The van der Waals surface area contributed by atoms with Gasteiger partial charge in [0.25, 0.3) is 0 Å². The van der Waals surface area contributed by atoms with Crippen LogP contribution in [-0.4, -0.2) is 22.6 Å². The van der Waals surface area contributed by atoms with Crippen molar-refractivity contribution in [2.75, 3.05) is 10.6 Å². The van der Waals surface area contributed by atoms with Crippen molar-refractivity contribution in [1.82, 2.24) is 4.98 Å². The topological polar surface area (TPSA) is 88.2 Å². The number of carbonyl (C=O) groups is 3. The van der Waals surface area contributed by atoms with Gasteiger partial charge >= 0.3 is 0 Å². The molecule has 1 atom stereocenters. The summed E-state index contributed by atoms with van der Waals surface area (Å²) in [5, 5.41) is 5.22. The van der Waals surface area contributed by atoms with E-state index in [-0.39, 0.29) is 41.4 Å². The van der Waals surface area contributed by atoms with Crippen LogP contribution in [0.25, 0.3) is 0 Å². The summed E-state index contributed by atoms with van der Waals surface area (Å²) in [6.07, 6.45) is 4.18. The van der Waals surface area contributed by atoms with Gasteiger partial charge in [0.1, 0.15) is 23.3 Å². The summed E-state index contributed by atoms with van der Waals surface area (Å²) in [4.78, 5) is 41.8. The summed E-state index contributed by atoms with van der Waals surface area (Å²) >= 11 is 0. The fraction of sp³-hybridized carbons (Fsp3) is 0.417. The number of halogens is 2. The summed E-state index contributed by atoms with van der Waals surface area (Å²) in [7, 11) is 0. The number of nitrogens with zero attached hydrogens (tertiary/aromatic N) is 1. The minimum Gasteiger partial charge on any atom is -0.310 e. The van der Waals surface area contributed by atoms with E-state index in [0.29, 0.717) is 12.8 Å². The molecule has 6 nitrogen and oxygen atoms in total. The van der Waals surface area contributed by atoms with Gasteiger partial charge in [-0.15, -0.1) is 0 Å². The van der Waals surface area contributed by atoms with E-state index in [1.165, 1.54) is 12.1 Å². The zero-order valence-corrected chi connectivity index (χ0v) is 18.6. The van der Waals surface area contributed by atoms with Crippen LogP contribution < -0.4 is 10.6 Å². The number of pyridine rings is 1. The van der Waals surface area contributed by atoms with Crippen LogP contribution in [0.2, 0.25) is 0 Å². The summed E-state index contributed by atoms with van der Waals surface area (Å²) in [6, 6.07) is 5.79. The molecule has 1 unspecified atom stereocenters. The third kappa shape index (κ3) is 6.67. The third-order valence-corrected chi connectivity index (χ3v) is 5.02. The van der Waals surface area contributed by atoms with Gasteiger partial charge in [-0.3, -0.25) is 14.4 Å². The second kappa shape index (κ2) is 12.0. The number of hydrogen-bond acceptors (Lipinski definition) is 4. The molecule has 8 heteroatoms. The number of amides is 2. The fourth-order valence-corrected chi connectivity index (χ4v) is 3.20. The van der Waals surface area contributed by atoms with E-state index in [2.05, 4.69) is 15.6 Å². The van der Waals surface area contributed by atoms with Crippen LogP contribution in [-0.2, 0) is 9.59 Å². The number of hydrogen-bond donors (Lipinski definition) is 2. The van der Waals surface area contributed by atoms with Crippen molar-refractivity contribution >= 4 is 29.2 Å². The predicted octanol–water partition coefficient (Wildman–Crippen LogP) is 5.48. The first-order valence-electron chi connectivity index (χ1n) is 10.9. The number of rotatable bonds is 11. The first-order chi connectivity index (χ1) is 15.3. The molecule has 2 rings (SSSR count). The van der Waals surface area contributed by atoms with Gasteiger partial charge in [0.2, 0.25) is 17.6 Å². The Kier molecular flexibility index (Phi) is 9.43. The van der Waals surface area contributed by atoms with Crippen LogP contribution in [0.4, 0.5) is 20.4 Å². The van der Waals surface area contributed by atoms with Gasteiger partial charge in [0.15, 0.2) is 0 Å². The number of benzene rings is 1. The van der Waals surface area contributed by atoms with Gasteiger partial charge in [-0.2, -0.15) is 0 Å². The highest BCUT2D eigenvalue weighted by atomic mass is 19.1. The van der Waals surface area contributed by atoms with Gasteiger partial charge in [0.05, 0.1) is 11.1 Å². The number of carbonyl (C=O) groups excluding carboxylic acids is 3. The van der Waals surface area contributed by atoms with Crippen molar-refractivity contribution in [3.8, 4) is 0 Å². The largest absolute Gasteiger partial charge is 0.310 e. The summed E-state index contributed by atoms with van der Waals surface area (Å²) in [6.45, 7) is 5.76.